The van der Waals surface area contributed by atoms with Gasteiger partial charge in [-0.15, -0.1) is 0 Å². The summed E-state index contributed by atoms with van der Waals surface area (Å²) in [6, 6.07) is 7.46. The van der Waals surface area contributed by atoms with E-state index < -0.39 is 9.84 Å². The van der Waals surface area contributed by atoms with Crippen molar-refractivity contribution in [1.29, 1.82) is 0 Å². The van der Waals surface area contributed by atoms with Crippen LogP contribution in [-0.2, 0) is 9.84 Å². The van der Waals surface area contributed by atoms with E-state index in [-0.39, 0.29) is 5.25 Å². The van der Waals surface area contributed by atoms with Crippen molar-refractivity contribution in [2.24, 2.45) is 0 Å². The van der Waals surface area contributed by atoms with Crippen LogP contribution < -0.4 is 0 Å². The van der Waals surface area contributed by atoms with E-state index in [1.165, 1.54) is 12.8 Å². The maximum absolute atomic E-state index is 12.6. The van der Waals surface area contributed by atoms with Crippen molar-refractivity contribution in [3.05, 3.63) is 39.7 Å². The molecule has 2 aliphatic rings. The third-order valence-corrected chi connectivity index (χ3v) is 8.53. The van der Waals surface area contributed by atoms with Crippen LogP contribution >= 0.6 is 22.6 Å². The number of fused-ring (bicyclic) bond motifs is 1. The van der Waals surface area contributed by atoms with Gasteiger partial charge in [0.2, 0.25) is 0 Å². The highest BCUT2D eigenvalue weighted by atomic mass is 127. The van der Waals surface area contributed by atoms with Gasteiger partial charge in [-0.25, -0.2) is 8.42 Å². The molecule has 2 saturated carbocycles. The van der Waals surface area contributed by atoms with Crippen LogP contribution in [0.25, 0.3) is 22.2 Å². The van der Waals surface area contributed by atoms with Crippen LogP contribution in [-0.4, -0.2) is 28.8 Å². The number of aromatic nitrogens is 3. The molecular formula is C18H16IN3O2S. The zero-order valence-electron chi connectivity index (χ0n) is 13.4. The molecule has 5 nitrogen and oxygen atoms in total. The SMILES string of the molecule is O=S(=O)(c1ccc(-c2nccc3n[nH]c(C4CC4)c23)cc1I)C1CC1. The highest BCUT2D eigenvalue weighted by Gasteiger charge is 2.38. The predicted octanol–water partition coefficient (Wildman–Crippen LogP) is 4.04. The number of rotatable bonds is 4. The Morgan fingerprint density at radius 3 is 2.60 bits per heavy atom. The number of sulfone groups is 1. The van der Waals surface area contributed by atoms with E-state index in [0.29, 0.717) is 10.8 Å². The fraction of sp³-hybridized carbons (Fsp3) is 0.333. The summed E-state index contributed by atoms with van der Waals surface area (Å²) < 4.78 is 25.9. The summed E-state index contributed by atoms with van der Waals surface area (Å²) in [6.45, 7) is 0. The maximum atomic E-state index is 12.6. The zero-order valence-corrected chi connectivity index (χ0v) is 16.3. The Bertz CT molecular complexity index is 1100. The standard InChI is InChI=1S/C18H16IN3O2S/c19-13-9-11(3-6-15(13)25(23,24)12-4-5-12)17-16-14(7-8-20-17)21-22-18(16)10-1-2-10/h3,6-10,12H,1-2,4-5H2,(H,21,22). The highest BCUT2D eigenvalue weighted by Crippen LogP contribution is 2.44. The third kappa shape index (κ3) is 2.59. The summed E-state index contributed by atoms with van der Waals surface area (Å²) in [7, 11) is -3.19. The van der Waals surface area contributed by atoms with Crippen molar-refractivity contribution in [2.75, 3.05) is 0 Å². The Morgan fingerprint density at radius 1 is 1.12 bits per heavy atom. The van der Waals surface area contributed by atoms with Crippen LogP contribution in [0.5, 0.6) is 0 Å². The fourth-order valence-electron chi connectivity index (χ4n) is 3.31. The number of nitrogens with one attached hydrogen (secondary N) is 1. The summed E-state index contributed by atoms with van der Waals surface area (Å²) in [5.41, 5.74) is 3.88. The first-order valence-electron chi connectivity index (χ1n) is 8.42. The molecule has 2 fully saturated rings. The van der Waals surface area contributed by atoms with Gasteiger partial charge in [-0.05, 0) is 66.5 Å². The average Bonchev–Trinajstić information content (AvgIpc) is 3.50. The number of pyridine rings is 1. The van der Waals surface area contributed by atoms with Crippen molar-refractivity contribution < 1.29 is 8.42 Å². The lowest BCUT2D eigenvalue weighted by atomic mass is 10.0. The molecular weight excluding hydrogens is 449 g/mol. The first-order valence-corrected chi connectivity index (χ1v) is 11.0. The monoisotopic (exact) mass is 465 g/mol. The normalized spacial score (nSPS) is 18.0. The van der Waals surface area contributed by atoms with Crippen LogP contribution in [0, 0.1) is 3.57 Å². The second-order valence-electron chi connectivity index (χ2n) is 6.85. The Balaban J connectivity index is 1.66. The Labute approximate surface area is 159 Å². The molecule has 25 heavy (non-hydrogen) atoms. The van der Waals surface area contributed by atoms with Gasteiger partial charge in [-0.3, -0.25) is 10.1 Å². The lowest BCUT2D eigenvalue weighted by molar-refractivity contribution is 0.594. The van der Waals surface area contributed by atoms with E-state index in [0.717, 1.165) is 44.3 Å². The Kier molecular flexibility index (Phi) is 3.47. The molecule has 0 spiro atoms. The molecule has 128 valence electrons. The van der Waals surface area contributed by atoms with E-state index in [9.17, 15) is 8.42 Å². The summed E-state index contributed by atoms with van der Waals surface area (Å²) in [5, 5.41) is 8.46. The van der Waals surface area contributed by atoms with Gasteiger partial charge in [0.05, 0.1) is 21.4 Å². The number of hydrogen-bond acceptors (Lipinski definition) is 4. The Morgan fingerprint density at radius 2 is 1.92 bits per heavy atom. The van der Waals surface area contributed by atoms with Gasteiger partial charge in [-0.2, -0.15) is 5.10 Å². The van der Waals surface area contributed by atoms with Crippen LogP contribution in [0.2, 0.25) is 0 Å². The van der Waals surface area contributed by atoms with Crippen LogP contribution in [0.3, 0.4) is 0 Å². The second kappa shape index (κ2) is 5.51. The number of aromatic amines is 1. The molecule has 7 heteroatoms. The third-order valence-electron chi connectivity index (χ3n) is 4.96. The zero-order chi connectivity index (χ0) is 17.2. The average molecular weight is 465 g/mol. The van der Waals surface area contributed by atoms with Crippen LogP contribution in [0.15, 0.2) is 35.4 Å². The minimum Gasteiger partial charge on any atom is -0.281 e. The number of halogens is 1. The molecule has 0 radical (unpaired) electrons. The maximum Gasteiger partial charge on any atom is 0.182 e. The molecule has 0 atom stereocenters. The van der Waals surface area contributed by atoms with Gasteiger partial charge < -0.3 is 0 Å². The predicted molar refractivity (Wildman–Crippen MR) is 104 cm³/mol. The molecule has 0 amide bonds. The van der Waals surface area contributed by atoms with Crippen molar-refractivity contribution >= 4 is 43.3 Å². The molecule has 0 aliphatic heterocycles. The highest BCUT2D eigenvalue weighted by molar-refractivity contribution is 14.1. The molecule has 0 saturated heterocycles. The van der Waals surface area contributed by atoms with Crippen LogP contribution in [0.4, 0.5) is 0 Å². The first kappa shape index (κ1) is 15.7. The van der Waals surface area contributed by atoms with Gasteiger partial charge >= 0.3 is 0 Å². The second-order valence-corrected chi connectivity index (χ2v) is 10.2. The van der Waals surface area contributed by atoms with E-state index in [1.807, 2.05) is 18.2 Å². The molecule has 2 aliphatic carbocycles. The van der Waals surface area contributed by atoms with Crippen molar-refractivity contribution in [3.8, 4) is 11.3 Å². The smallest absolute Gasteiger partial charge is 0.182 e. The van der Waals surface area contributed by atoms with Crippen molar-refractivity contribution in [1.82, 2.24) is 15.2 Å². The largest absolute Gasteiger partial charge is 0.281 e. The van der Waals surface area contributed by atoms with Gasteiger partial charge in [0.25, 0.3) is 0 Å². The fourth-order valence-corrected chi connectivity index (χ4v) is 6.45. The number of hydrogen-bond donors (Lipinski definition) is 1. The van der Waals surface area contributed by atoms with Crippen LogP contribution in [0.1, 0.15) is 37.3 Å². The summed E-state index contributed by atoms with van der Waals surface area (Å²) >= 11 is 2.13. The number of H-pyrrole nitrogens is 1. The van der Waals surface area contributed by atoms with Crippen molar-refractivity contribution in [3.63, 3.8) is 0 Å². The lowest BCUT2D eigenvalue weighted by Gasteiger charge is -2.09. The van der Waals surface area contributed by atoms with E-state index in [2.05, 4.69) is 37.8 Å². The molecule has 0 bridgehead atoms. The number of benzene rings is 1. The van der Waals surface area contributed by atoms with E-state index in [4.69, 9.17) is 0 Å². The topological polar surface area (TPSA) is 75.7 Å². The van der Waals surface area contributed by atoms with Gasteiger partial charge in [0, 0.05) is 32.3 Å². The molecule has 5 rings (SSSR count). The molecule has 2 aromatic heterocycles. The van der Waals surface area contributed by atoms with E-state index in [1.54, 1.807) is 12.3 Å². The summed E-state index contributed by atoms with van der Waals surface area (Å²) in [6.07, 6.45) is 5.68. The van der Waals surface area contributed by atoms with Gasteiger partial charge in [0.1, 0.15) is 0 Å². The van der Waals surface area contributed by atoms with Gasteiger partial charge in [0.15, 0.2) is 9.84 Å². The molecule has 1 N–H and O–H groups in total. The minimum absolute atomic E-state index is 0.191. The Hall–Kier alpha value is -1.48. The van der Waals surface area contributed by atoms with Gasteiger partial charge in [-0.1, -0.05) is 6.07 Å². The molecule has 0 unspecified atom stereocenters. The van der Waals surface area contributed by atoms with Crippen molar-refractivity contribution in [2.45, 2.75) is 41.7 Å². The minimum atomic E-state index is -3.19. The molecule has 2 heterocycles. The first-order chi connectivity index (χ1) is 12.1. The number of nitrogens with zero attached hydrogens (tertiary/aromatic N) is 2. The summed E-state index contributed by atoms with van der Waals surface area (Å²) in [4.78, 5) is 5.03. The summed E-state index contributed by atoms with van der Waals surface area (Å²) in [5.74, 6) is 0.543. The quantitative estimate of drug-likeness (QED) is 0.591. The molecule has 1 aromatic carbocycles. The van der Waals surface area contributed by atoms with E-state index >= 15 is 0 Å². The molecule has 3 aromatic rings. The lowest BCUT2D eigenvalue weighted by Crippen LogP contribution is -2.09.